The van der Waals surface area contributed by atoms with Crippen molar-refractivity contribution >= 4 is 22.5 Å². The van der Waals surface area contributed by atoms with Crippen LogP contribution in [0.2, 0.25) is 0 Å². The third-order valence-electron chi connectivity index (χ3n) is 4.64. The highest BCUT2D eigenvalue weighted by molar-refractivity contribution is 5.92. The SMILES string of the molecule is Cc1cccc2c(=O)n(CCCC(=O)Nc3cccnc3-n3cccn3)cnc12. The maximum absolute atomic E-state index is 12.6. The molecule has 0 atom stereocenters. The molecule has 0 radical (unpaired) electrons. The lowest BCUT2D eigenvalue weighted by molar-refractivity contribution is -0.116. The third-order valence-corrected chi connectivity index (χ3v) is 4.64. The van der Waals surface area contributed by atoms with Crippen molar-refractivity contribution in [2.24, 2.45) is 0 Å². The maximum Gasteiger partial charge on any atom is 0.261 e. The Bertz CT molecular complexity index is 1210. The predicted molar refractivity (Wildman–Crippen MR) is 110 cm³/mol. The van der Waals surface area contributed by atoms with Crippen LogP contribution in [0, 0.1) is 6.92 Å². The van der Waals surface area contributed by atoms with E-state index in [2.05, 4.69) is 20.4 Å². The highest BCUT2D eigenvalue weighted by atomic mass is 16.1. The van der Waals surface area contributed by atoms with Crippen molar-refractivity contribution in [1.29, 1.82) is 0 Å². The number of aromatic nitrogens is 5. The van der Waals surface area contributed by atoms with Crippen LogP contribution in [0.25, 0.3) is 16.7 Å². The molecule has 8 nitrogen and oxygen atoms in total. The average Bonchev–Trinajstić information content (AvgIpc) is 3.25. The van der Waals surface area contributed by atoms with Crippen LogP contribution in [0.4, 0.5) is 5.69 Å². The van der Waals surface area contributed by atoms with Crippen molar-refractivity contribution in [2.45, 2.75) is 26.3 Å². The minimum absolute atomic E-state index is 0.0904. The van der Waals surface area contributed by atoms with Gasteiger partial charge in [-0.05, 0) is 43.2 Å². The zero-order chi connectivity index (χ0) is 20.2. The fourth-order valence-corrected chi connectivity index (χ4v) is 3.19. The number of para-hydroxylation sites is 1. The molecule has 4 aromatic rings. The van der Waals surface area contributed by atoms with E-state index < -0.39 is 0 Å². The molecule has 0 saturated heterocycles. The number of carbonyl (C=O) groups is 1. The van der Waals surface area contributed by atoms with E-state index in [1.165, 1.54) is 0 Å². The van der Waals surface area contributed by atoms with E-state index in [0.717, 1.165) is 5.56 Å². The lowest BCUT2D eigenvalue weighted by atomic mass is 10.1. The Morgan fingerprint density at radius 3 is 2.83 bits per heavy atom. The molecule has 0 aliphatic rings. The number of pyridine rings is 1. The second-order valence-corrected chi connectivity index (χ2v) is 6.69. The molecule has 0 aliphatic heterocycles. The Labute approximate surface area is 166 Å². The fourth-order valence-electron chi connectivity index (χ4n) is 3.19. The van der Waals surface area contributed by atoms with E-state index in [-0.39, 0.29) is 17.9 Å². The number of nitrogens with zero attached hydrogens (tertiary/aromatic N) is 5. The summed E-state index contributed by atoms with van der Waals surface area (Å²) >= 11 is 0. The number of benzene rings is 1. The summed E-state index contributed by atoms with van der Waals surface area (Å²) in [5, 5.41) is 7.62. The van der Waals surface area contributed by atoms with Crippen molar-refractivity contribution in [3.05, 3.63) is 77.2 Å². The molecule has 0 saturated carbocycles. The molecule has 1 N–H and O–H groups in total. The van der Waals surface area contributed by atoms with Gasteiger partial charge >= 0.3 is 0 Å². The van der Waals surface area contributed by atoms with Crippen LogP contribution in [-0.2, 0) is 11.3 Å². The number of aryl methyl sites for hydroxylation is 2. The van der Waals surface area contributed by atoms with Crippen molar-refractivity contribution in [3.8, 4) is 5.82 Å². The largest absolute Gasteiger partial charge is 0.323 e. The number of hydrogen-bond donors (Lipinski definition) is 1. The van der Waals surface area contributed by atoms with Crippen molar-refractivity contribution in [1.82, 2.24) is 24.3 Å². The Kier molecular flexibility index (Phi) is 5.15. The third kappa shape index (κ3) is 3.91. The van der Waals surface area contributed by atoms with Crippen molar-refractivity contribution < 1.29 is 4.79 Å². The van der Waals surface area contributed by atoms with Crippen molar-refractivity contribution in [3.63, 3.8) is 0 Å². The quantitative estimate of drug-likeness (QED) is 0.548. The zero-order valence-corrected chi connectivity index (χ0v) is 15.9. The van der Waals surface area contributed by atoms with Crippen LogP contribution in [0.15, 0.2) is 66.1 Å². The summed E-state index contributed by atoms with van der Waals surface area (Å²) in [6.45, 7) is 2.35. The highest BCUT2D eigenvalue weighted by Crippen LogP contribution is 2.16. The summed E-state index contributed by atoms with van der Waals surface area (Å²) in [7, 11) is 0. The molecule has 8 heteroatoms. The number of nitrogens with one attached hydrogen (secondary N) is 1. The first-order valence-electron chi connectivity index (χ1n) is 9.33. The predicted octanol–water partition coefficient (Wildman–Crippen LogP) is 2.70. The minimum atomic E-state index is -0.149. The molecule has 4 rings (SSSR count). The van der Waals surface area contributed by atoms with Gasteiger partial charge < -0.3 is 5.32 Å². The molecule has 1 aromatic carbocycles. The normalized spacial score (nSPS) is 10.9. The van der Waals surface area contributed by atoms with E-state index in [4.69, 9.17) is 0 Å². The van der Waals surface area contributed by atoms with Gasteiger partial charge in [0.15, 0.2) is 5.82 Å². The molecule has 0 aliphatic carbocycles. The Balaban J connectivity index is 1.41. The van der Waals surface area contributed by atoms with Gasteiger partial charge in [-0.1, -0.05) is 12.1 Å². The first-order chi connectivity index (χ1) is 14.1. The van der Waals surface area contributed by atoms with Crippen LogP contribution in [0.3, 0.4) is 0 Å². The number of anilines is 1. The van der Waals surface area contributed by atoms with Gasteiger partial charge in [0.05, 0.1) is 22.9 Å². The first kappa shape index (κ1) is 18.5. The summed E-state index contributed by atoms with van der Waals surface area (Å²) in [4.78, 5) is 33.7. The second kappa shape index (κ2) is 8.05. The summed E-state index contributed by atoms with van der Waals surface area (Å²) in [6.07, 6.45) is 7.39. The number of rotatable bonds is 6. The monoisotopic (exact) mass is 388 g/mol. The average molecular weight is 388 g/mol. The molecular formula is C21H20N6O2. The van der Waals surface area contributed by atoms with Gasteiger partial charge in [0, 0.05) is 31.6 Å². The molecule has 0 bridgehead atoms. The van der Waals surface area contributed by atoms with Crippen LogP contribution < -0.4 is 10.9 Å². The molecule has 29 heavy (non-hydrogen) atoms. The number of amides is 1. The fraction of sp³-hybridized carbons (Fsp3) is 0.190. The van der Waals surface area contributed by atoms with Crippen molar-refractivity contribution in [2.75, 3.05) is 5.32 Å². The number of carbonyl (C=O) groups excluding carboxylic acids is 1. The van der Waals surface area contributed by atoms with Gasteiger partial charge in [0.25, 0.3) is 5.56 Å². The lowest BCUT2D eigenvalue weighted by Gasteiger charge is -2.10. The Morgan fingerprint density at radius 2 is 2.00 bits per heavy atom. The molecule has 146 valence electrons. The van der Waals surface area contributed by atoms with Gasteiger partial charge in [0.2, 0.25) is 5.91 Å². The summed E-state index contributed by atoms with van der Waals surface area (Å²) in [5.74, 6) is 0.403. The smallest absolute Gasteiger partial charge is 0.261 e. The van der Waals surface area contributed by atoms with Crippen LogP contribution >= 0.6 is 0 Å². The first-order valence-corrected chi connectivity index (χ1v) is 9.33. The number of hydrogen-bond acceptors (Lipinski definition) is 5. The summed E-state index contributed by atoms with van der Waals surface area (Å²) in [5.41, 5.74) is 2.18. The molecule has 1 amide bonds. The van der Waals surface area contributed by atoms with E-state index in [0.29, 0.717) is 35.4 Å². The molecule has 0 fully saturated rings. The van der Waals surface area contributed by atoms with Crippen LogP contribution in [-0.4, -0.2) is 30.2 Å². The standard InChI is InChI=1S/C21H20N6O2/c1-15-6-2-7-16-19(15)23-14-26(21(16)29)12-4-9-18(28)25-17-8-3-10-22-20(17)27-13-5-11-24-27/h2-3,5-8,10-11,13-14H,4,9,12H2,1H3,(H,25,28). The molecule has 3 aromatic heterocycles. The van der Waals surface area contributed by atoms with E-state index in [1.807, 2.05) is 19.1 Å². The zero-order valence-electron chi connectivity index (χ0n) is 15.9. The van der Waals surface area contributed by atoms with Gasteiger partial charge in [-0.25, -0.2) is 14.6 Å². The van der Waals surface area contributed by atoms with E-state index in [1.54, 1.807) is 58.4 Å². The Morgan fingerprint density at radius 1 is 1.10 bits per heavy atom. The van der Waals surface area contributed by atoms with Gasteiger partial charge in [0.1, 0.15) is 0 Å². The maximum atomic E-state index is 12.6. The molecular weight excluding hydrogens is 368 g/mol. The topological polar surface area (TPSA) is 94.7 Å². The second-order valence-electron chi connectivity index (χ2n) is 6.69. The lowest BCUT2D eigenvalue weighted by Crippen LogP contribution is -2.22. The van der Waals surface area contributed by atoms with Crippen LogP contribution in [0.5, 0.6) is 0 Å². The number of fused-ring (bicyclic) bond motifs is 1. The highest BCUT2D eigenvalue weighted by Gasteiger charge is 2.10. The van der Waals surface area contributed by atoms with E-state index in [9.17, 15) is 9.59 Å². The summed E-state index contributed by atoms with van der Waals surface area (Å²) in [6, 6.07) is 10.9. The van der Waals surface area contributed by atoms with Gasteiger partial charge in [-0.15, -0.1) is 0 Å². The van der Waals surface area contributed by atoms with Gasteiger partial charge in [-0.3, -0.25) is 14.2 Å². The molecule has 3 heterocycles. The Hall–Kier alpha value is -3.81. The van der Waals surface area contributed by atoms with Crippen LogP contribution in [0.1, 0.15) is 18.4 Å². The van der Waals surface area contributed by atoms with Gasteiger partial charge in [-0.2, -0.15) is 5.10 Å². The summed E-state index contributed by atoms with van der Waals surface area (Å²) < 4.78 is 3.15. The molecule has 0 unspecified atom stereocenters. The molecule has 0 spiro atoms. The van der Waals surface area contributed by atoms with E-state index >= 15 is 0 Å². The minimum Gasteiger partial charge on any atom is -0.323 e.